The van der Waals surface area contributed by atoms with Crippen LogP contribution in [0, 0.1) is 11.8 Å². The number of thiazole rings is 1. The quantitative estimate of drug-likeness (QED) is 0.242. The lowest BCUT2D eigenvalue weighted by molar-refractivity contribution is 0.102. The number of ketones is 1. The summed E-state index contributed by atoms with van der Waals surface area (Å²) in [5.74, 6) is -0.0866. The van der Waals surface area contributed by atoms with Crippen molar-refractivity contribution in [2.24, 2.45) is 11.8 Å². The Balaban J connectivity index is 1.51. The molecular weight excluding hydrogens is 518 g/mol. The van der Waals surface area contributed by atoms with Crippen molar-refractivity contribution in [1.82, 2.24) is 9.29 Å². The number of aromatic nitrogens is 1. The molecule has 3 aromatic carbocycles. The number of anilines is 1. The van der Waals surface area contributed by atoms with Gasteiger partial charge in [0, 0.05) is 29.8 Å². The van der Waals surface area contributed by atoms with Gasteiger partial charge >= 0.3 is 0 Å². The van der Waals surface area contributed by atoms with E-state index < -0.39 is 10.0 Å². The standard InChI is InChI=1S/C29H31N3O4S2/c1-19(2)17-32(18-20(3)4)38(35,36)24-14-15-25-26(16-24)37-29(30-25)31-28(34)23-12-10-22(11-13-23)27(33)21-8-6-5-7-9-21/h5-16,19-20H,17-18H2,1-4H3,(H,30,31,34). The number of carbonyl (C=O) groups is 2. The van der Waals surface area contributed by atoms with Crippen LogP contribution in [0.1, 0.15) is 54.0 Å². The molecule has 0 saturated carbocycles. The number of benzene rings is 3. The molecule has 0 radical (unpaired) electrons. The molecule has 4 rings (SSSR count). The summed E-state index contributed by atoms with van der Waals surface area (Å²) in [6.45, 7) is 8.88. The highest BCUT2D eigenvalue weighted by Gasteiger charge is 2.26. The van der Waals surface area contributed by atoms with Crippen molar-refractivity contribution in [2.75, 3.05) is 18.4 Å². The number of fused-ring (bicyclic) bond motifs is 1. The molecule has 0 aliphatic heterocycles. The number of hydrogen-bond donors (Lipinski definition) is 1. The van der Waals surface area contributed by atoms with E-state index in [0.29, 0.717) is 45.1 Å². The van der Waals surface area contributed by atoms with Crippen LogP contribution in [0.15, 0.2) is 77.7 Å². The second kappa shape index (κ2) is 11.6. The van der Waals surface area contributed by atoms with Gasteiger partial charge in [0.15, 0.2) is 10.9 Å². The van der Waals surface area contributed by atoms with E-state index in [0.717, 1.165) is 0 Å². The minimum absolute atomic E-state index is 0.116. The van der Waals surface area contributed by atoms with Crippen LogP contribution in [0.3, 0.4) is 0 Å². The third-order valence-corrected chi connectivity index (χ3v) is 8.56. The molecule has 1 aromatic heterocycles. The monoisotopic (exact) mass is 549 g/mol. The third-order valence-electron chi connectivity index (χ3n) is 5.80. The van der Waals surface area contributed by atoms with E-state index in [-0.39, 0.29) is 28.4 Å². The van der Waals surface area contributed by atoms with Gasteiger partial charge in [-0.25, -0.2) is 13.4 Å². The minimum Gasteiger partial charge on any atom is -0.298 e. The van der Waals surface area contributed by atoms with Gasteiger partial charge in [-0.3, -0.25) is 14.9 Å². The van der Waals surface area contributed by atoms with Crippen LogP contribution < -0.4 is 5.32 Å². The van der Waals surface area contributed by atoms with E-state index in [1.54, 1.807) is 71.0 Å². The van der Waals surface area contributed by atoms with Gasteiger partial charge in [0.1, 0.15) is 0 Å². The molecule has 9 heteroatoms. The topological polar surface area (TPSA) is 96.4 Å². The predicted octanol–water partition coefficient (Wildman–Crippen LogP) is 6.08. The molecule has 38 heavy (non-hydrogen) atoms. The molecule has 0 aliphatic carbocycles. The van der Waals surface area contributed by atoms with Gasteiger partial charge in [0.05, 0.1) is 15.1 Å². The Labute approximate surface area is 227 Å². The lowest BCUT2D eigenvalue weighted by atomic mass is 10.0. The highest BCUT2D eigenvalue weighted by Crippen LogP contribution is 2.30. The number of sulfonamides is 1. The zero-order valence-corrected chi connectivity index (χ0v) is 23.5. The largest absolute Gasteiger partial charge is 0.298 e. The SMILES string of the molecule is CC(C)CN(CC(C)C)S(=O)(=O)c1ccc2nc(NC(=O)c3ccc(C(=O)c4ccccc4)cc3)sc2c1. The first kappa shape index (κ1) is 27.6. The summed E-state index contributed by atoms with van der Waals surface area (Å²) < 4.78 is 29.0. The highest BCUT2D eigenvalue weighted by atomic mass is 32.2. The van der Waals surface area contributed by atoms with Gasteiger partial charge in [-0.15, -0.1) is 0 Å². The van der Waals surface area contributed by atoms with Crippen LogP contribution in [-0.2, 0) is 10.0 Å². The third kappa shape index (κ3) is 6.35. The Bertz CT molecular complexity index is 1530. The van der Waals surface area contributed by atoms with E-state index in [1.165, 1.54) is 11.3 Å². The van der Waals surface area contributed by atoms with Gasteiger partial charge in [-0.1, -0.05) is 81.5 Å². The van der Waals surface area contributed by atoms with Crippen molar-refractivity contribution in [1.29, 1.82) is 0 Å². The smallest absolute Gasteiger partial charge is 0.257 e. The van der Waals surface area contributed by atoms with Crippen molar-refractivity contribution in [2.45, 2.75) is 32.6 Å². The van der Waals surface area contributed by atoms with Crippen LogP contribution >= 0.6 is 11.3 Å². The molecule has 0 spiro atoms. The number of carbonyl (C=O) groups excluding carboxylic acids is 2. The van der Waals surface area contributed by atoms with Crippen LogP contribution in [0.25, 0.3) is 10.2 Å². The van der Waals surface area contributed by atoms with E-state index in [4.69, 9.17) is 0 Å². The predicted molar refractivity (Wildman–Crippen MR) is 152 cm³/mol. The van der Waals surface area contributed by atoms with Crippen LogP contribution in [0.5, 0.6) is 0 Å². The first-order valence-corrected chi connectivity index (χ1v) is 14.7. The molecule has 0 saturated heterocycles. The molecule has 1 amide bonds. The maximum absolute atomic E-state index is 13.4. The first-order valence-electron chi connectivity index (χ1n) is 12.5. The molecule has 0 aliphatic rings. The molecule has 0 unspecified atom stereocenters. The molecular formula is C29H31N3O4S2. The van der Waals surface area contributed by atoms with Crippen molar-refractivity contribution >= 4 is 48.4 Å². The zero-order chi connectivity index (χ0) is 27.4. The summed E-state index contributed by atoms with van der Waals surface area (Å²) in [6, 6.07) is 20.3. The Morgan fingerprint density at radius 2 is 1.42 bits per heavy atom. The summed E-state index contributed by atoms with van der Waals surface area (Å²) >= 11 is 1.22. The van der Waals surface area contributed by atoms with Gasteiger partial charge in [-0.2, -0.15) is 4.31 Å². The average molecular weight is 550 g/mol. The van der Waals surface area contributed by atoms with Crippen molar-refractivity contribution in [3.8, 4) is 0 Å². The van der Waals surface area contributed by atoms with Gasteiger partial charge < -0.3 is 0 Å². The molecule has 0 atom stereocenters. The van der Waals surface area contributed by atoms with E-state index in [2.05, 4.69) is 10.3 Å². The molecule has 1 heterocycles. The Morgan fingerprint density at radius 1 is 0.842 bits per heavy atom. The fourth-order valence-electron chi connectivity index (χ4n) is 4.05. The second-order valence-electron chi connectivity index (χ2n) is 9.98. The maximum atomic E-state index is 13.4. The zero-order valence-electron chi connectivity index (χ0n) is 21.8. The second-order valence-corrected chi connectivity index (χ2v) is 13.0. The normalized spacial score (nSPS) is 12.0. The Kier molecular flexibility index (Phi) is 8.40. The first-order chi connectivity index (χ1) is 18.0. The fourth-order valence-corrected chi connectivity index (χ4v) is 6.82. The lowest BCUT2D eigenvalue weighted by Gasteiger charge is -2.25. The Morgan fingerprint density at radius 3 is 2.03 bits per heavy atom. The van der Waals surface area contributed by atoms with E-state index in [1.807, 2.05) is 33.8 Å². The number of amides is 1. The summed E-state index contributed by atoms with van der Waals surface area (Å²) in [4.78, 5) is 30.1. The van der Waals surface area contributed by atoms with Gasteiger partial charge in [0.25, 0.3) is 5.91 Å². The summed E-state index contributed by atoms with van der Waals surface area (Å²) in [7, 11) is -3.67. The molecule has 7 nitrogen and oxygen atoms in total. The van der Waals surface area contributed by atoms with Gasteiger partial charge in [-0.05, 0) is 42.2 Å². The fraction of sp³-hybridized carbons (Fsp3) is 0.276. The van der Waals surface area contributed by atoms with Crippen LogP contribution in [-0.4, -0.2) is 42.5 Å². The summed E-state index contributed by atoms with van der Waals surface area (Å²) in [5.41, 5.74) is 2.06. The lowest BCUT2D eigenvalue weighted by Crippen LogP contribution is -2.37. The van der Waals surface area contributed by atoms with Crippen molar-refractivity contribution in [3.05, 3.63) is 89.5 Å². The van der Waals surface area contributed by atoms with Crippen molar-refractivity contribution in [3.63, 3.8) is 0 Å². The van der Waals surface area contributed by atoms with Crippen molar-refractivity contribution < 1.29 is 18.0 Å². The van der Waals surface area contributed by atoms with Crippen LogP contribution in [0.2, 0.25) is 0 Å². The van der Waals surface area contributed by atoms with Gasteiger partial charge in [0.2, 0.25) is 10.0 Å². The number of hydrogen-bond acceptors (Lipinski definition) is 6. The molecule has 0 bridgehead atoms. The minimum atomic E-state index is -3.67. The summed E-state index contributed by atoms with van der Waals surface area (Å²) in [6.07, 6.45) is 0. The molecule has 1 N–H and O–H groups in total. The highest BCUT2D eigenvalue weighted by molar-refractivity contribution is 7.89. The molecule has 4 aromatic rings. The number of nitrogens with zero attached hydrogens (tertiary/aromatic N) is 2. The van der Waals surface area contributed by atoms with E-state index in [9.17, 15) is 18.0 Å². The molecule has 0 fully saturated rings. The van der Waals surface area contributed by atoms with E-state index >= 15 is 0 Å². The summed E-state index contributed by atoms with van der Waals surface area (Å²) in [5, 5.41) is 3.15. The van der Waals surface area contributed by atoms with Crippen LogP contribution in [0.4, 0.5) is 5.13 Å². The average Bonchev–Trinajstić information content (AvgIpc) is 3.29. The number of rotatable bonds is 10. The Hall–Kier alpha value is -3.40. The molecule has 198 valence electrons. The maximum Gasteiger partial charge on any atom is 0.257 e. The number of nitrogens with one attached hydrogen (secondary N) is 1.